The number of carbonyl (C=O) groups excluding carboxylic acids is 1. The summed E-state index contributed by atoms with van der Waals surface area (Å²) in [5, 5.41) is 6.26. The summed E-state index contributed by atoms with van der Waals surface area (Å²) in [6.45, 7) is 5.81. The third-order valence-corrected chi connectivity index (χ3v) is 2.35. The van der Waals surface area contributed by atoms with Gasteiger partial charge in [0.2, 0.25) is 5.91 Å². The van der Waals surface area contributed by atoms with Crippen LogP contribution >= 0.6 is 11.6 Å². The molecule has 0 aromatic rings. The number of ether oxygens (including phenoxy) is 1. The molecule has 1 rings (SSSR count). The molecule has 2 N–H and O–H groups in total. The molecule has 1 saturated heterocycles. The molecular weight excluding hydrogens is 216 g/mol. The van der Waals surface area contributed by atoms with Crippen LogP contribution in [0.2, 0.25) is 0 Å². The molecule has 0 aromatic heterocycles. The van der Waals surface area contributed by atoms with E-state index in [0.29, 0.717) is 11.6 Å². The summed E-state index contributed by atoms with van der Waals surface area (Å²) < 4.78 is 5.45. The molecule has 1 amide bonds. The van der Waals surface area contributed by atoms with Crippen molar-refractivity contribution in [1.29, 1.82) is 0 Å². The Morgan fingerprint density at radius 2 is 2.20 bits per heavy atom. The van der Waals surface area contributed by atoms with Crippen LogP contribution in [0.4, 0.5) is 0 Å². The second-order valence-corrected chi connectivity index (χ2v) is 4.09. The number of rotatable bonds is 5. The Balaban J connectivity index is 2.07. The van der Waals surface area contributed by atoms with E-state index in [1.54, 1.807) is 0 Å². The lowest BCUT2D eigenvalue weighted by Gasteiger charge is -2.22. The zero-order chi connectivity index (χ0) is 11.1. The SMILES string of the molecule is C=C(Cl)CNC(=O)COC1CCNCC1. The van der Waals surface area contributed by atoms with Crippen LogP contribution in [0.3, 0.4) is 0 Å². The Labute approximate surface area is 95.0 Å². The van der Waals surface area contributed by atoms with Crippen LogP contribution < -0.4 is 10.6 Å². The van der Waals surface area contributed by atoms with Gasteiger partial charge in [-0.1, -0.05) is 18.2 Å². The molecule has 0 unspecified atom stereocenters. The summed E-state index contributed by atoms with van der Waals surface area (Å²) in [5.41, 5.74) is 0. The van der Waals surface area contributed by atoms with Crippen molar-refractivity contribution < 1.29 is 9.53 Å². The number of hydrogen-bond donors (Lipinski definition) is 2. The fourth-order valence-electron chi connectivity index (χ4n) is 1.40. The minimum atomic E-state index is -0.143. The van der Waals surface area contributed by atoms with Gasteiger partial charge in [-0.05, 0) is 25.9 Å². The van der Waals surface area contributed by atoms with E-state index in [1.807, 2.05) is 0 Å². The van der Waals surface area contributed by atoms with Gasteiger partial charge >= 0.3 is 0 Å². The van der Waals surface area contributed by atoms with Crippen LogP contribution in [0.15, 0.2) is 11.6 Å². The molecule has 1 aliphatic rings. The van der Waals surface area contributed by atoms with E-state index in [1.165, 1.54) is 0 Å². The highest BCUT2D eigenvalue weighted by Crippen LogP contribution is 2.06. The summed E-state index contributed by atoms with van der Waals surface area (Å²) in [7, 11) is 0. The number of amides is 1. The van der Waals surface area contributed by atoms with Gasteiger partial charge < -0.3 is 15.4 Å². The normalized spacial score (nSPS) is 17.4. The second-order valence-electron chi connectivity index (χ2n) is 3.55. The lowest BCUT2D eigenvalue weighted by Crippen LogP contribution is -2.36. The van der Waals surface area contributed by atoms with Crippen molar-refractivity contribution in [1.82, 2.24) is 10.6 Å². The molecule has 0 aromatic carbocycles. The Morgan fingerprint density at radius 3 is 2.80 bits per heavy atom. The first-order valence-electron chi connectivity index (χ1n) is 5.11. The zero-order valence-electron chi connectivity index (χ0n) is 8.72. The molecule has 0 spiro atoms. The van der Waals surface area contributed by atoms with Crippen molar-refractivity contribution in [3.8, 4) is 0 Å². The van der Waals surface area contributed by atoms with Crippen molar-refractivity contribution in [3.63, 3.8) is 0 Å². The minimum Gasteiger partial charge on any atom is -0.368 e. The average Bonchev–Trinajstić information content (AvgIpc) is 2.25. The van der Waals surface area contributed by atoms with E-state index >= 15 is 0 Å². The van der Waals surface area contributed by atoms with E-state index in [0.717, 1.165) is 25.9 Å². The van der Waals surface area contributed by atoms with Gasteiger partial charge in [-0.25, -0.2) is 0 Å². The highest BCUT2D eigenvalue weighted by atomic mass is 35.5. The second kappa shape index (κ2) is 6.82. The zero-order valence-corrected chi connectivity index (χ0v) is 9.48. The number of carbonyl (C=O) groups is 1. The first kappa shape index (κ1) is 12.5. The minimum absolute atomic E-state index is 0.106. The van der Waals surface area contributed by atoms with E-state index < -0.39 is 0 Å². The largest absolute Gasteiger partial charge is 0.368 e. The first-order chi connectivity index (χ1) is 7.18. The van der Waals surface area contributed by atoms with Crippen LogP contribution in [-0.2, 0) is 9.53 Å². The smallest absolute Gasteiger partial charge is 0.246 e. The molecule has 86 valence electrons. The predicted molar refractivity (Wildman–Crippen MR) is 59.8 cm³/mol. The van der Waals surface area contributed by atoms with Crippen LogP contribution in [-0.4, -0.2) is 38.3 Å². The molecule has 0 bridgehead atoms. The molecule has 4 nitrogen and oxygen atoms in total. The topological polar surface area (TPSA) is 50.4 Å². The third-order valence-electron chi connectivity index (χ3n) is 2.21. The molecule has 0 aliphatic carbocycles. The first-order valence-corrected chi connectivity index (χ1v) is 5.48. The van der Waals surface area contributed by atoms with Crippen LogP contribution in [0, 0.1) is 0 Å². The molecule has 0 atom stereocenters. The third kappa shape index (κ3) is 5.77. The lowest BCUT2D eigenvalue weighted by atomic mass is 10.1. The summed E-state index contributed by atoms with van der Waals surface area (Å²) in [6, 6.07) is 0. The summed E-state index contributed by atoms with van der Waals surface area (Å²) in [4.78, 5) is 11.2. The maximum atomic E-state index is 11.2. The highest BCUT2D eigenvalue weighted by Gasteiger charge is 2.14. The quantitative estimate of drug-likeness (QED) is 0.731. The van der Waals surface area contributed by atoms with Gasteiger partial charge in [0.15, 0.2) is 0 Å². The fraction of sp³-hybridized carbons (Fsp3) is 0.700. The monoisotopic (exact) mass is 232 g/mol. The van der Waals surface area contributed by atoms with Gasteiger partial charge in [-0.2, -0.15) is 0 Å². The van der Waals surface area contributed by atoms with E-state index in [9.17, 15) is 4.79 Å². The average molecular weight is 233 g/mol. The number of piperidine rings is 1. The van der Waals surface area contributed by atoms with Crippen LogP contribution in [0.5, 0.6) is 0 Å². The summed E-state index contributed by atoms with van der Waals surface area (Å²) >= 11 is 5.51. The number of hydrogen-bond acceptors (Lipinski definition) is 3. The highest BCUT2D eigenvalue weighted by molar-refractivity contribution is 6.29. The molecule has 0 radical (unpaired) electrons. The molecule has 1 fully saturated rings. The van der Waals surface area contributed by atoms with E-state index in [2.05, 4.69) is 17.2 Å². The maximum Gasteiger partial charge on any atom is 0.246 e. The van der Waals surface area contributed by atoms with Crippen molar-refractivity contribution in [2.45, 2.75) is 18.9 Å². The van der Waals surface area contributed by atoms with Gasteiger partial charge in [-0.15, -0.1) is 0 Å². The van der Waals surface area contributed by atoms with Crippen molar-refractivity contribution in [3.05, 3.63) is 11.6 Å². The standard InChI is InChI=1S/C10H17ClN2O2/c1-8(11)6-13-10(14)7-15-9-2-4-12-5-3-9/h9,12H,1-7H2,(H,13,14). The molecule has 1 aliphatic heterocycles. The van der Waals surface area contributed by atoms with E-state index in [4.69, 9.17) is 16.3 Å². The van der Waals surface area contributed by atoms with Crippen LogP contribution in [0.1, 0.15) is 12.8 Å². The molecule has 1 heterocycles. The number of nitrogens with one attached hydrogen (secondary N) is 2. The maximum absolute atomic E-state index is 11.2. The van der Waals surface area contributed by atoms with Gasteiger partial charge in [-0.3, -0.25) is 4.79 Å². The molecule has 15 heavy (non-hydrogen) atoms. The Morgan fingerprint density at radius 1 is 1.53 bits per heavy atom. The number of halogens is 1. The Bertz CT molecular complexity index is 227. The Kier molecular flexibility index (Phi) is 5.68. The summed E-state index contributed by atoms with van der Waals surface area (Å²) in [6.07, 6.45) is 2.14. The molecule has 0 saturated carbocycles. The Hall–Kier alpha value is -0.580. The van der Waals surface area contributed by atoms with Gasteiger partial charge in [0.25, 0.3) is 0 Å². The fourth-order valence-corrected chi connectivity index (χ4v) is 1.47. The summed E-state index contributed by atoms with van der Waals surface area (Å²) in [5.74, 6) is -0.143. The van der Waals surface area contributed by atoms with Gasteiger partial charge in [0, 0.05) is 5.03 Å². The van der Waals surface area contributed by atoms with Crippen molar-refractivity contribution >= 4 is 17.5 Å². The van der Waals surface area contributed by atoms with Crippen molar-refractivity contribution in [2.24, 2.45) is 0 Å². The predicted octanol–water partition coefficient (Wildman–Crippen LogP) is 0.624. The molecule has 5 heteroatoms. The van der Waals surface area contributed by atoms with Crippen molar-refractivity contribution in [2.75, 3.05) is 26.2 Å². The van der Waals surface area contributed by atoms with E-state index in [-0.39, 0.29) is 18.6 Å². The van der Waals surface area contributed by atoms with Crippen LogP contribution in [0.25, 0.3) is 0 Å². The van der Waals surface area contributed by atoms with Gasteiger partial charge in [0.05, 0.1) is 12.6 Å². The molecular formula is C10H17ClN2O2. The lowest BCUT2D eigenvalue weighted by molar-refractivity contribution is -0.128. The van der Waals surface area contributed by atoms with Gasteiger partial charge in [0.1, 0.15) is 6.61 Å².